The summed E-state index contributed by atoms with van der Waals surface area (Å²) in [4.78, 5) is 11.7. The quantitative estimate of drug-likeness (QED) is 0.597. The van der Waals surface area contributed by atoms with Crippen molar-refractivity contribution >= 4 is 12.0 Å². The Bertz CT molecular complexity index is 967. The number of aliphatic hydroxyl groups excluding tert-OH is 2. The molecule has 0 aliphatic carbocycles. The summed E-state index contributed by atoms with van der Waals surface area (Å²) in [6.07, 6.45) is 2.59. The van der Waals surface area contributed by atoms with E-state index in [2.05, 4.69) is 0 Å². The van der Waals surface area contributed by atoms with E-state index in [4.69, 9.17) is 14.2 Å². The second-order valence-corrected chi connectivity index (χ2v) is 8.00. The van der Waals surface area contributed by atoms with E-state index in [1.54, 1.807) is 18.2 Å². The Kier molecular flexibility index (Phi) is 7.88. The lowest BCUT2D eigenvalue weighted by atomic mass is 9.88. The van der Waals surface area contributed by atoms with E-state index in [0.29, 0.717) is 29.0 Å². The van der Waals surface area contributed by atoms with Gasteiger partial charge in [-0.15, -0.1) is 0 Å². The van der Waals surface area contributed by atoms with Gasteiger partial charge < -0.3 is 24.4 Å². The normalized spacial score (nSPS) is 18.8. The molecule has 3 rings (SSSR count). The molecule has 2 aromatic carbocycles. The van der Waals surface area contributed by atoms with Crippen LogP contribution in [-0.2, 0) is 9.53 Å². The van der Waals surface area contributed by atoms with Crippen molar-refractivity contribution in [2.75, 3.05) is 20.3 Å². The maximum atomic E-state index is 13.6. The number of methoxy groups -OCH3 is 1. The molecule has 2 unspecified atom stereocenters. The molecule has 6 nitrogen and oxygen atoms in total. The molecule has 2 N–H and O–H groups in total. The first-order valence-corrected chi connectivity index (χ1v) is 10.6. The molecule has 0 aromatic heterocycles. The van der Waals surface area contributed by atoms with Gasteiger partial charge in [0.05, 0.1) is 26.2 Å². The maximum absolute atomic E-state index is 13.6. The number of carbonyl (C=O) groups is 1. The van der Waals surface area contributed by atoms with Crippen LogP contribution in [0.5, 0.6) is 11.5 Å². The van der Waals surface area contributed by atoms with E-state index in [0.717, 1.165) is 11.1 Å². The first kappa shape index (κ1) is 23.8. The number of hydrogen-bond acceptors (Lipinski definition) is 6. The monoisotopic (exact) mass is 444 g/mol. The van der Waals surface area contributed by atoms with Crippen LogP contribution in [-0.4, -0.2) is 48.7 Å². The van der Waals surface area contributed by atoms with Gasteiger partial charge in [-0.05, 0) is 46.9 Å². The van der Waals surface area contributed by atoms with E-state index < -0.39 is 18.2 Å². The van der Waals surface area contributed by atoms with Crippen molar-refractivity contribution in [1.82, 2.24) is 0 Å². The van der Waals surface area contributed by atoms with Crippen molar-refractivity contribution in [3.63, 3.8) is 0 Å². The van der Waals surface area contributed by atoms with Gasteiger partial charge in [-0.2, -0.15) is 0 Å². The number of ether oxygens (including phenoxy) is 3. The second kappa shape index (κ2) is 10.6. The largest absolute Gasteiger partial charge is 0.493 e. The fraction of sp³-hybridized carbons (Fsp3) is 0.400. The summed E-state index contributed by atoms with van der Waals surface area (Å²) in [5, 5.41) is 19.3. The second-order valence-electron chi connectivity index (χ2n) is 8.00. The first-order valence-electron chi connectivity index (χ1n) is 10.6. The fourth-order valence-corrected chi connectivity index (χ4v) is 3.81. The highest BCUT2D eigenvalue weighted by atomic mass is 19.1. The third-order valence-corrected chi connectivity index (χ3v) is 5.30. The van der Waals surface area contributed by atoms with Crippen molar-refractivity contribution in [3.8, 4) is 22.6 Å². The van der Waals surface area contributed by atoms with Crippen LogP contribution in [0.1, 0.15) is 43.7 Å². The smallest absolute Gasteiger partial charge is 0.309 e. The van der Waals surface area contributed by atoms with Crippen LogP contribution in [0.15, 0.2) is 36.4 Å². The molecule has 1 heterocycles. The predicted octanol–water partition coefficient (Wildman–Crippen LogP) is 4.08. The molecular formula is C25H29FO6. The Labute approximate surface area is 187 Å². The molecule has 0 bridgehead atoms. The molecule has 1 saturated heterocycles. The van der Waals surface area contributed by atoms with Gasteiger partial charge in [0, 0.05) is 12.0 Å². The van der Waals surface area contributed by atoms with E-state index in [1.165, 1.54) is 19.2 Å². The number of aliphatic hydroxyl groups is 2. The minimum absolute atomic E-state index is 0.00982. The lowest BCUT2D eigenvalue weighted by Gasteiger charge is -2.25. The zero-order valence-corrected chi connectivity index (χ0v) is 18.5. The first-order chi connectivity index (χ1) is 15.3. The highest BCUT2D eigenvalue weighted by Crippen LogP contribution is 2.45. The summed E-state index contributed by atoms with van der Waals surface area (Å²) < 4.78 is 30.5. The summed E-state index contributed by atoms with van der Waals surface area (Å²) in [5.41, 5.74) is 3.15. The molecule has 32 heavy (non-hydrogen) atoms. The number of cyclic esters (lactones) is 1. The van der Waals surface area contributed by atoms with Crippen molar-refractivity contribution < 1.29 is 33.6 Å². The van der Waals surface area contributed by atoms with E-state index >= 15 is 0 Å². The molecule has 0 amide bonds. The molecule has 1 aliphatic heterocycles. The molecule has 0 saturated carbocycles. The summed E-state index contributed by atoms with van der Waals surface area (Å²) in [6.45, 7) is 3.96. The topological polar surface area (TPSA) is 85.2 Å². The molecule has 1 fully saturated rings. The van der Waals surface area contributed by atoms with Crippen molar-refractivity contribution in [2.45, 2.75) is 44.8 Å². The number of hydrogen-bond donors (Lipinski definition) is 2. The van der Waals surface area contributed by atoms with Crippen LogP contribution in [0.2, 0.25) is 0 Å². The third-order valence-electron chi connectivity index (χ3n) is 5.30. The standard InChI is InChI=1S/C25H29FO6/c1-15(2)21-14-22(30-3)25(31-11-10-27)24(16-4-6-17(26)7-5-16)20(21)9-8-19-12-18(28)13-23(29)32-19/h4-9,14-15,18-19,27-28H,10-13H2,1-3H3/b9-8+. The van der Waals surface area contributed by atoms with Crippen LogP contribution in [0.3, 0.4) is 0 Å². The Balaban J connectivity index is 2.20. The Hall–Kier alpha value is -2.90. The fourth-order valence-electron chi connectivity index (χ4n) is 3.81. The third kappa shape index (κ3) is 5.47. The van der Waals surface area contributed by atoms with E-state index in [1.807, 2.05) is 26.0 Å². The van der Waals surface area contributed by atoms with Gasteiger partial charge >= 0.3 is 5.97 Å². The van der Waals surface area contributed by atoms with E-state index in [-0.39, 0.29) is 31.4 Å². The van der Waals surface area contributed by atoms with Crippen LogP contribution in [0.4, 0.5) is 4.39 Å². The van der Waals surface area contributed by atoms with Crippen molar-refractivity contribution in [1.29, 1.82) is 0 Å². The van der Waals surface area contributed by atoms with Gasteiger partial charge in [0.2, 0.25) is 0 Å². The number of rotatable bonds is 8. The molecule has 2 atom stereocenters. The summed E-state index contributed by atoms with van der Waals surface area (Å²) in [7, 11) is 1.54. The highest BCUT2D eigenvalue weighted by molar-refractivity contribution is 5.85. The minimum Gasteiger partial charge on any atom is -0.493 e. The van der Waals surface area contributed by atoms with Crippen LogP contribution >= 0.6 is 0 Å². The van der Waals surface area contributed by atoms with Crippen LogP contribution in [0.25, 0.3) is 17.2 Å². The van der Waals surface area contributed by atoms with Gasteiger partial charge in [-0.25, -0.2) is 4.39 Å². The molecule has 172 valence electrons. The molecule has 0 spiro atoms. The zero-order valence-electron chi connectivity index (χ0n) is 18.5. The van der Waals surface area contributed by atoms with Gasteiger partial charge in [0.15, 0.2) is 11.5 Å². The molecule has 1 aliphatic rings. The number of carbonyl (C=O) groups excluding carboxylic acids is 1. The minimum atomic E-state index is -0.744. The van der Waals surface area contributed by atoms with Gasteiger partial charge in [0.1, 0.15) is 18.5 Å². The molecule has 2 aromatic rings. The summed E-state index contributed by atoms with van der Waals surface area (Å²) >= 11 is 0. The lowest BCUT2D eigenvalue weighted by Crippen LogP contribution is -2.31. The van der Waals surface area contributed by atoms with Crippen molar-refractivity contribution in [2.24, 2.45) is 0 Å². The van der Waals surface area contributed by atoms with Gasteiger partial charge in [0.25, 0.3) is 0 Å². The number of halogens is 1. The van der Waals surface area contributed by atoms with Gasteiger partial charge in [-0.1, -0.05) is 32.1 Å². The molecule has 7 heteroatoms. The Morgan fingerprint density at radius 2 is 2.00 bits per heavy atom. The van der Waals surface area contributed by atoms with Crippen LogP contribution in [0, 0.1) is 5.82 Å². The lowest BCUT2D eigenvalue weighted by molar-refractivity contribution is -0.156. The molecular weight excluding hydrogens is 415 g/mol. The average Bonchev–Trinajstić information content (AvgIpc) is 2.75. The summed E-state index contributed by atoms with van der Waals surface area (Å²) in [5.74, 6) is 0.229. The Morgan fingerprint density at radius 3 is 2.59 bits per heavy atom. The van der Waals surface area contributed by atoms with Crippen molar-refractivity contribution in [3.05, 3.63) is 53.4 Å². The van der Waals surface area contributed by atoms with Crippen LogP contribution < -0.4 is 9.47 Å². The Morgan fingerprint density at radius 1 is 1.28 bits per heavy atom. The zero-order chi connectivity index (χ0) is 23.3. The molecule has 0 radical (unpaired) electrons. The number of esters is 1. The SMILES string of the molecule is COc1cc(C(C)C)c(/C=C/C2CC(O)CC(=O)O2)c(-c2ccc(F)cc2)c1OCCO. The van der Waals surface area contributed by atoms with E-state index in [9.17, 15) is 19.4 Å². The highest BCUT2D eigenvalue weighted by Gasteiger charge is 2.26. The maximum Gasteiger partial charge on any atom is 0.309 e. The summed E-state index contributed by atoms with van der Waals surface area (Å²) in [6, 6.07) is 7.92. The van der Waals surface area contributed by atoms with Gasteiger partial charge in [-0.3, -0.25) is 4.79 Å². The average molecular weight is 444 g/mol. The number of benzene rings is 2. The predicted molar refractivity (Wildman–Crippen MR) is 119 cm³/mol.